The van der Waals surface area contributed by atoms with E-state index < -0.39 is 0 Å². The Hall–Kier alpha value is -1.91. The first-order valence-corrected chi connectivity index (χ1v) is 8.71. The topological polar surface area (TPSA) is 42.0 Å². The zero-order valence-corrected chi connectivity index (χ0v) is 14.3. The molecule has 0 bridgehead atoms. The Labute approximate surface area is 144 Å². The Bertz CT molecular complexity index is 798. The number of nitrogens with one attached hydrogen (secondary N) is 1. The quantitative estimate of drug-likeness (QED) is 0.725. The molecule has 2 aromatic carbocycles. The molecule has 5 heteroatoms. The van der Waals surface area contributed by atoms with Crippen molar-refractivity contribution < 1.29 is 4.79 Å². The Morgan fingerprint density at radius 3 is 2.74 bits per heavy atom. The van der Waals surface area contributed by atoms with Crippen molar-refractivity contribution >= 4 is 39.1 Å². The SMILES string of the molecule is CC(NC(=O)CCc1nc2ccccc2s1)c1ccccc1Cl. The molecule has 0 aliphatic carbocycles. The highest BCUT2D eigenvalue weighted by atomic mass is 35.5. The fourth-order valence-electron chi connectivity index (χ4n) is 2.46. The lowest BCUT2D eigenvalue weighted by Crippen LogP contribution is -2.27. The molecule has 23 heavy (non-hydrogen) atoms. The molecule has 0 saturated heterocycles. The summed E-state index contributed by atoms with van der Waals surface area (Å²) in [5.74, 6) is 0.0108. The molecule has 0 aliphatic rings. The van der Waals surface area contributed by atoms with Crippen molar-refractivity contribution in [1.29, 1.82) is 0 Å². The molecule has 0 spiro atoms. The molecular weight excluding hydrogens is 328 g/mol. The van der Waals surface area contributed by atoms with E-state index in [9.17, 15) is 4.79 Å². The van der Waals surface area contributed by atoms with Gasteiger partial charge >= 0.3 is 0 Å². The van der Waals surface area contributed by atoms with Crippen LogP contribution in [0, 0.1) is 0 Å². The van der Waals surface area contributed by atoms with Crippen LogP contribution in [0.1, 0.15) is 30.0 Å². The number of fused-ring (bicyclic) bond motifs is 1. The molecule has 3 aromatic rings. The van der Waals surface area contributed by atoms with Crippen molar-refractivity contribution in [2.75, 3.05) is 0 Å². The fraction of sp³-hybridized carbons (Fsp3) is 0.222. The molecule has 1 atom stereocenters. The second-order valence-corrected chi connectivity index (χ2v) is 6.91. The number of thiazole rings is 1. The Morgan fingerprint density at radius 1 is 1.22 bits per heavy atom. The van der Waals surface area contributed by atoms with Crippen LogP contribution in [0.4, 0.5) is 0 Å². The number of carbonyl (C=O) groups excluding carboxylic acids is 1. The number of nitrogens with zero attached hydrogens (tertiary/aromatic N) is 1. The summed E-state index contributed by atoms with van der Waals surface area (Å²) in [6.07, 6.45) is 1.08. The first-order valence-electron chi connectivity index (χ1n) is 7.52. The second-order valence-electron chi connectivity index (χ2n) is 5.39. The smallest absolute Gasteiger partial charge is 0.220 e. The second kappa shape index (κ2) is 7.11. The van der Waals surface area contributed by atoms with Gasteiger partial charge in [0, 0.05) is 17.9 Å². The third-order valence-corrected chi connectivity index (χ3v) is 5.09. The average molecular weight is 345 g/mol. The molecular formula is C18H17ClN2OS. The van der Waals surface area contributed by atoms with E-state index in [1.54, 1.807) is 11.3 Å². The molecule has 1 heterocycles. The summed E-state index contributed by atoms with van der Waals surface area (Å²) in [4.78, 5) is 16.7. The summed E-state index contributed by atoms with van der Waals surface area (Å²) in [7, 11) is 0. The number of hydrogen-bond acceptors (Lipinski definition) is 3. The number of carbonyl (C=O) groups is 1. The summed E-state index contributed by atoms with van der Waals surface area (Å²) in [5, 5.41) is 4.66. The molecule has 0 saturated carbocycles. The number of halogens is 1. The number of aromatic nitrogens is 1. The van der Waals surface area contributed by atoms with Gasteiger partial charge in [0.15, 0.2) is 0 Å². The summed E-state index contributed by atoms with van der Waals surface area (Å²) in [6.45, 7) is 1.94. The highest BCUT2D eigenvalue weighted by molar-refractivity contribution is 7.18. The summed E-state index contributed by atoms with van der Waals surface area (Å²) in [6, 6.07) is 15.5. The summed E-state index contributed by atoms with van der Waals surface area (Å²) < 4.78 is 1.16. The van der Waals surface area contributed by atoms with Crippen molar-refractivity contribution in [3.8, 4) is 0 Å². The molecule has 1 aromatic heterocycles. The van der Waals surface area contributed by atoms with Crippen molar-refractivity contribution in [3.63, 3.8) is 0 Å². The van der Waals surface area contributed by atoms with E-state index in [-0.39, 0.29) is 11.9 Å². The third-order valence-electron chi connectivity index (χ3n) is 3.65. The summed E-state index contributed by atoms with van der Waals surface area (Å²) >= 11 is 7.81. The molecule has 0 aliphatic heterocycles. The molecule has 3 rings (SSSR count). The highest BCUT2D eigenvalue weighted by Crippen LogP contribution is 2.24. The third kappa shape index (κ3) is 3.89. The van der Waals surface area contributed by atoms with Crippen LogP contribution in [0.15, 0.2) is 48.5 Å². The van der Waals surface area contributed by atoms with Crippen molar-refractivity contribution in [1.82, 2.24) is 10.3 Å². The predicted molar refractivity (Wildman–Crippen MR) is 96.0 cm³/mol. The monoisotopic (exact) mass is 344 g/mol. The van der Waals surface area contributed by atoms with Gasteiger partial charge in [-0.05, 0) is 30.7 Å². The van der Waals surface area contributed by atoms with Gasteiger partial charge in [0.05, 0.1) is 21.3 Å². The van der Waals surface area contributed by atoms with Crippen molar-refractivity contribution in [2.45, 2.75) is 25.8 Å². The maximum Gasteiger partial charge on any atom is 0.220 e. The van der Waals surface area contributed by atoms with Gasteiger partial charge in [0.2, 0.25) is 5.91 Å². The van der Waals surface area contributed by atoms with Gasteiger partial charge in [0.25, 0.3) is 0 Å². The van der Waals surface area contributed by atoms with E-state index in [0.29, 0.717) is 17.9 Å². The van der Waals surface area contributed by atoms with Crippen LogP contribution in [0.25, 0.3) is 10.2 Å². The van der Waals surface area contributed by atoms with Gasteiger partial charge in [-0.15, -0.1) is 11.3 Å². The molecule has 1 N–H and O–H groups in total. The average Bonchev–Trinajstić information content (AvgIpc) is 2.96. The maximum absolute atomic E-state index is 12.1. The summed E-state index contributed by atoms with van der Waals surface area (Å²) in [5.41, 5.74) is 1.93. The van der Waals surface area contributed by atoms with Gasteiger partial charge in [-0.1, -0.05) is 41.9 Å². The van der Waals surface area contributed by atoms with Crippen LogP contribution in [0.3, 0.4) is 0 Å². The van der Waals surface area contributed by atoms with E-state index in [1.807, 2.05) is 49.4 Å². The van der Waals surface area contributed by atoms with E-state index in [1.165, 1.54) is 0 Å². The van der Waals surface area contributed by atoms with Gasteiger partial charge in [-0.3, -0.25) is 4.79 Å². The fourth-order valence-corrected chi connectivity index (χ4v) is 3.73. The molecule has 0 fully saturated rings. The van der Waals surface area contributed by atoms with Crippen LogP contribution >= 0.6 is 22.9 Å². The molecule has 1 unspecified atom stereocenters. The minimum Gasteiger partial charge on any atom is -0.350 e. The number of hydrogen-bond donors (Lipinski definition) is 1. The van der Waals surface area contributed by atoms with Crippen LogP contribution in [-0.2, 0) is 11.2 Å². The largest absolute Gasteiger partial charge is 0.350 e. The zero-order valence-electron chi connectivity index (χ0n) is 12.8. The molecule has 3 nitrogen and oxygen atoms in total. The lowest BCUT2D eigenvalue weighted by molar-refractivity contribution is -0.121. The first kappa shape index (κ1) is 16.0. The van der Waals surface area contributed by atoms with E-state index in [2.05, 4.69) is 16.4 Å². The Balaban J connectivity index is 1.58. The van der Waals surface area contributed by atoms with E-state index in [4.69, 9.17) is 11.6 Å². The minimum absolute atomic E-state index is 0.0108. The number of aryl methyl sites for hydroxylation is 1. The van der Waals surface area contributed by atoms with E-state index >= 15 is 0 Å². The zero-order chi connectivity index (χ0) is 16.2. The highest BCUT2D eigenvalue weighted by Gasteiger charge is 2.13. The van der Waals surface area contributed by atoms with Gasteiger partial charge in [0.1, 0.15) is 0 Å². The lowest BCUT2D eigenvalue weighted by Gasteiger charge is -2.15. The van der Waals surface area contributed by atoms with Gasteiger partial charge in [-0.25, -0.2) is 4.98 Å². The molecule has 118 valence electrons. The number of rotatable bonds is 5. The maximum atomic E-state index is 12.1. The van der Waals surface area contributed by atoms with Crippen LogP contribution in [-0.4, -0.2) is 10.9 Å². The van der Waals surface area contributed by atoms with Crippen LogP contribution in [0.5, 0.6) is 0 Å². The molecule has 0 radical (unpaired) electrons. The first-order chi connectivity index (χ1) is 11.1. The van der Waals surface area contributed by atoms with Crippen LogP contribution < -0.4 is 5.32 Å². The van der Waals surface area contributed by atoms with E-state index in [0.717, 1.165) is 20.8 Å². The minimum atomic E-state index is -0.105. The number of benzene rings is 2. The Morgan fingerprint density at radius 2 is 1.96 bits per heavy atom. The number of amides is 1. The molecule has 1 amide bonds. The van der Waals surface area contributed by atoms with Crippen molar-refractivity contribution in [2.24, 2.45) is 0 Å². The van der Waals surface area contributed by atoms with Crippen LogP contribution in [0.2, 0.25) is 5.02 Å². The normalized spacial score (nSPS) is 12.3. The predicted octanol–water partition coefficient (Wildman–Crippen LogP) is 4.76. The van der Waals surface area contributed by atoms with Crippen molar-refractivity contribution in [3.05, 3.63) is 64.1 Å². The van der Waals surface area contributed by atoms with Gasteiger partial charge < -0.3 is 5.32 Å². The standard InChI is InChI=1S/C18H17ClN2OS/c1-12(13-6-2-3-7-14(13)19)20-17(22)10-11-18-21-15-8-4-5-9-16(15)23-18/h2-9,12H,10-11H2,1H3,(H,20,22). The van der Waals surface area contributed by atoms with Gasteiger partial charge in [-0.2, -0.15) is 0 Å². The lowest BCUT2D eigenvalue weighted by atomic mass is 10.1. The Kier molecular flexibility index (Phi) is 4.94. The number of para-hydroxylation sites is 1.